The maximum absolute atomic E-state index is 6.44. The van der Waals surface area contributed by atoms with Crippen LogP contribution < -0.4 is 9.75 Å². The van der Waals surface area contributed by atoms with Gasteiger partial charge in [-0.1, -0.05) is 39.0 Å². The van der Waals surface area contributed by atoms with E-state index in [0.29, 0.717) is 0 Å². The molecule has 0 spiro atoms. The maximum atomic E-state index is 6.44. The molecule has 174 valence electrons. The molecule has 0 unspecified atom stereocenters. The summed E-state index contributed by atoms with van der Waals surface area (Å²) in [5, 5.41) is 9.05. The molecule has 0 fully saturated rings. The van der Waals surface area contributed by atoms with E-state index in [0.717, 1.165) is 40.7 Å². The number of hydrogen-bond donors (Lipinski definition) is 0. The molecule has 0 radical (unpaired) electrons. The number of hydrazine groups is 1. The highest BCUT2D eigenvalue weighted by atomic mass is 16.5. The average molecular weight is 453 g/mol. The number of ether oxygens (including phenoxy) is 1. The van der Waals surface area contributed by atoms with Gasteiger partial charge in [-0.2, -0.15) is 5.10 Å². The standard InChI is InChI=1S/C29H32N4O/c1-20-14-21(2)33(30-20)25-15-23(29(3,4)5)16-27(18-25)34-26-12-9-11-24(17-26)32-19-22-10-7-8-13-28(22)31(32)6/h7-9,11-19H,10H2,1-6H3. The minimum Gasteiger partial charge on any atom is -0.457 e. The molecule has 0 N–H and O–H groups in total. The van der Waals surface area contributed by atoms with Gasteiger partial charge in [-0.3, -0.25) is 10.0 Å². The number of hydrogen-bond acceptors (Lipinski definition) is 4. The van der Waals surface area contributed by atoms with Gasteiger partial charge in [0, 0.05) is 31.1 Å². The molecule has 3 aromatic rings. The zero-order valence-electron chi connectivity index (χ0n) is 20.8. The Morgan fingerprint density at radius 1 is 0.941 bits per heavy atom. The van der Waals surface area contributed by atoms with Crippen molar-refractivity contribution in [2.75, 3.05) is 12.1 Å². The van der Waals surface area contributed by atoms with E-state index in [2.05, 4.69) is 106 Å². The first-order chi connectivity index (χ1) is 16.2. The third kappa shape index (κ3) is 4.14. The van der Waals surface area contributed by atoms with Gasteiger partial charge in [0.15, 0.2) is 0 Å². The van der Waals surface area contributed by atoms with Gasteiger partial charge in [-0.05, 0) is 73.2 Å². The summed E-state index contributed by atoms with van der Waals surface area (Å²) in [4.78, 5) is 0. The molecule has 5 nitrogen and oxygen atoms in total. The molecule has 1 aliphatic heterocycles. The fourth-order valence-corrected chi connectivity index (χ4v) is 4.51. The van der Waals surface area contributed by atoms with Crippen molar-refractivity contribution < 1.29 is 4.74 Å². The van der Waals surface area contributed by atoms with E-state index in [1.165, 1.54) is 16.8 Å². The van der Waals surface area contributed by atoms with Gasteiger partial charge < -0.3 is 4.74 Å². The second-order valence-electron chi connectivity index (χ2n) is 10.1. The van der Waals surface area contributed by atoms with Gasteiger partial charge in [-0.15, -0.1) is 0 Å². The Labute approximate surface area is 202 Å². The number of aryl methyl sites for hydroxylation is 2. The van der Waals surface area contributed by atoms with Crippen LogP contribution in [0.25, 0.3) is 5.69 Å². The Hall–Kier alpha value is -3.73. The second-order valence-corrected chi connectivity index (χ2v) is 10.1. The first-order valence-corrected chi connectivity index (χ1v) is 11.8. The lowest BCUT2D eigenvalue weighted by Crippen LogP contribution is -2.30. The number of likely N-dealkylation sites (N-methyl/N-ethyl adjacent to an activating group) is 1. The molecule has 0 saturated heterocycles. The van der Waals surface area contributed by atoms with Crippen molar-refractivity contribution in [3.8, 4) is 17.2 Å². The molecule has 1 aliphatic carbocycles. The van der Waals surface area contributed by atoms with Gasteiger partial charge >= 0.3 is 0 Å². The van der Waals surface area contributed by atoms with E-state index in [-0.39, 0.29) is 5.41 Å². The fraction of sp³-hybridized carbons (Fsp3) is 0.276. The Morgan fingerprint density at radius 2 is 1.74 bits per heavy atom. The third-order valence-electron chi connectivity index (χ3n) is 6.34. The lowest BCUT2D eigenvalue weighted by atomic mass is 9.86. The summed E-state index contributed by atoms with van der Waals surface area (Å²) >= 11 is 0. The minimum absolute atomic E-state index is 0.0193. The van der Waals surface area contributed by atoms with Crippen LogP contribution in [0.15, 0.2) is 84.2 Å². The quantitative estimate of drug-likeness (QED) is 0.428. The Kier molecular flexibility index (Phi) is 5.35. The van der Waals surface area contributed by atoms with Gasteiger partial charge in [-0.25, -0.2) is 4.68 Å². The molecule has 5 rings (SSSR count). The molecule has 34 heavy (non-hydrogen) atoms. The normalized spacial score (nSPS) is 15.4. The Morgan fingerprint density at radius 3 is 2.44 bits per heavy atom. The fourth-order valence-electron chi connectivity index (χ4n) is 4.51. The van der Waals surface area contributed by atoms with Crippen LogP contribution >= 0.6 is 0 Å². The van der Waals surface area contributed by atoms with Crippen molar-refractivity contribution in [1.82, 2.24) is 14.8 Å². The highest BCUT2D eigenvalue weighted by molar-refractivity contribution is 5.59. The molecule has 2 aliphatic rings. The summed E-state index contributed by atoms with van der Waals surface area (Å²) in [7, 11) is 2.09. The molecule has 0 amide bonds. The molecule has 0 saturated carbocycles. The number of nitrogens with zero attached hydrogens (tertiary/aromatic N) is 4. The lowest BCUT2D eigenvalue weighted by molar-refractivity contribution is 0.449. The van der Waals surface area contributed by atoms with Crippen molar-refractivity contribution >= 4 is 5.69 Å². The Balaban J connectivity index is 1.49. The number of allylic oxidation sites excluding steroid dienone is 4. The van der Waals surface area contributed by atoms with Crippen LogP contribution in [0.4, 0.5) is 5.69 Å². The van der Waals surface area contributed by atoms with E-state index < -0.39 is 0 Å². The largest absolute Gasteiger partial charge is 0.457 e. The predicted molar refractivity (Wildman–Crippen MR) is 138 cm³/mol. The molecule has 5 heteroatoms. The number of rotatable bonds is 4. The number of benzene rings is 2. The summed E-state index contributed by atoms with van der Waals surface area (Å²) in [5.74, 6) is 1.61. The van der Waals surface area contributed by atoms with Crippen LogP contribution in [0.2, 0.25) is 0 Å². The topological polar surface area (TPSA) is 33.5 Å². The lowest BCUT2D eigenvalue weighted by Gasteiger charge is -2.28. The third-order valence-corrected chi connectivity index (χ3v) is 6.34. The average Bonchev–Trinajstić information content (AvgIpc) is 3.31. The van der Waals surface area contributed by atoms with Crippen LogP contribution in [0, 0.1) is 13.8 Å². The maximum Gasteiger partial charge on any atom is 0.129 e. The monoisotopic (exact) mass is 452 g/mol. The molecule has 2 heterocycles. The van der Waals surface area contributed by atoms with Crippen molar-refractivity contribution in [1.29, 1.82) is 0 Å². The van der Waals surface area contributed by atoms with Crippen LogP contribution in [-0.4, -0.2) is 21.8 Å². The van der Waals surface area contributed by atoms with Crippen LogP contribution in [0.3, 0.4) is 0 Å². The number of anilines is 1. The molecule has 2 aromatic carbocycles. The van der Waals surface area contributed by atoms with Gasteiger partial charge in [0.2, 0.25) is 0 Å². The van der Waals surface area contributed by atoms with Crippen molar-refractivity contribution in [2.45, 2.75) is 46.5 Å². The smallest absolute Gasteiger partial charge is 0.129 e. The SMILES string of the molecule is Cc1cc(C)n(-c2cc(Oc3cccc(N4C=C5CC=CC=C5N4C)c3)cc(C(C)(C)C)c2)n1. The highest BCUT2D eigenvalue weighted by Gasteiger charge is 2.25. The summed E-state index contributed by atoms with van der Waals surface area (Å²) in [6, 6.07) is 16.8. The van der Waals surface area contributed by atoms with Crippen molar-refractivity contribution in [3.63, 3.8) is 0 Å². The van der Waals surface area contributed by atoms with Crippen molar-refractivity contribution in [3.05, 3.63) is 101 Å². The molecular formula is C29H32N4O. The summed E-state index contributed by atoms with van der Waals surface area (Å²) in [5.41, 5.74) is 7.93. The molecule has 0 bridgehead atoms. The van der Waals surface area contributed by atoms with Crippen LogP contribution in [0.1, 0.15) is 44.1 Å². The predicted octanol–water partition coefficient (Wildman–Crippen LogP) is 6.97. The summed E-state index contributed by atoms with van der Waals surface area (Å²) < 4.78 is 8.43. The Bertz CT molecular complexity index is 1340. The van der Waals surface area contributed by atoms with Gasteiger partial charge in [0.25, 0.3) is 0 Å². The van der Waals surface area contributed by atoms with Crippen LogP contribution in [0.5, 0.6) is 11.5 Å². The van der Waals surface area contributed by atoms with E-state index in [1.54, 1.807) is 0 Å². The number of aromatic nitrogens is 2. The zero-order chi connectivity index (χ0) is 24.0. The summed E-state index contributed by atoms with van der Waals surface area (Å²) in [6.07, 6.45) is 9.63. The van der Waals surface area contributed by atoms with E-state index in [9.17, 15) is 0 Å². The first kappa shape index (κ1) is 22.1. The van der Waals surface area contributed by atoms with Gasteiger partial charge in [0.1, 0.15) is 11.5 Å². The van der Waals surface area contributed by atoms with E-state index >= 15 is 0 Å². The van der Waals surface area contributed by atoms with E-state index in [4.69, 9.17) is 9.84 Å². The van der Waals surface area contributed by atoms with Crippen molar-refractivity contribution in [2.24, 2.45) is 0 Å². The minimum atomic E-state index is -0.0193. The zero-order valence-corrected chi connectivity index (χ0v) is 20.8. The molecule has 1 aromatic heterocycles. The molecular weight excluding hydrogens is 420 g/mol. The molecule has 0 atom stereocenters. The van der Waals surface area contributed by atoms with Gasteiger partial charge in [0.05, 0.1) is 22.8 Å². The number of fused-ring (bicyclic) bond motifs is 1. The van der Waals surface area contributed by atoms with E-state index in [1.807, 2.05) is 23.7 Å². The summed E-state index contributed by atoms with van der Waals surface area (Å²) in [6.45, 7) is 10.8. The van der Waals surface area contributed by atoms with Crippen LogP contribution in [-0.2, 0) is 5.41 Å². The first-order valence-electron chi connectivity index (χ1n) is 11.8. The second kappa shape index (κ2) is 8.24. The highest BCUT2D eigenvalue weighted by Crippen LogP contribution is 2.36.